The Hall–Kier alpha value is -1.30. The van der Waals surface area contributed by atoms with Gasteiger partial charge in [-0.2, -0.15) is 0 Å². The van der Waals surface area contributed by atoms with Gasteiger partial charge in [-0.15, -0.1) is 24.8 Å². The number of fused-ring (bicyclic) bond motifs is 1. The van der Waals surface area contributed by atoms with E-state index in [-0.39, 0.29) is 36.8 Å². The van der Waals surface area contributed by atoms with Gasteiger partial charge in [-0.3, -0.25) is 4.79 Å². The van der Waals surface area contributed by atoms with Crippen molar-refractivity contribution in [2.75, 3.05) is 0 Å². The minimum Gasteiger partial charge on any atom is -0.349 e. The smallest absolute Gasteiger partial charge is 0.252 e. The van der Waals surface area contributed by atoms with Crippen LogP contribution < -0.4 is 11.1 Å². The summed E-state index contributed by atoms with van der Waals surface area (Å²) in [6.45, 7) is 0. The zero-order valence-electron chi connectivity index (χ0n) is 11.6. The number of hydrogen-bond acceptors (Lipinski definition) is 3. The van der Waals surface area contributed by atoms with Crippen LogP contribution in [-0.4, -0.2) is 27.4 Å². The van der Waals surface area contributed by atoms with Crippen LogP contribution in [0, 0.1) is 0 Å². The Bertz CT molecular complexity index is 593. The molecule has 0 bridgehead atoms. The molecule has 0 aromatic carbocycles. The second kappa shape index (κ2) is 7.64. The van der Waals surface area contributed by atoms with Crippen LogP contribution in [0.1, 0.15) is 36.0 Å². The predicted octanol–water partition coefficient (Wildman–Crippen LogP) is 2.18. The summed E-state index contributed by atoms with van der Waals surface area (Å²) >= 11 is 0. The summed E-state index contributed by atoms with van der Waals surface area (Å²) in [6, 6.07) is 4.22. The van der Waals surface area contributed by atoms with Gasteiger partial charge in [-0.25, -0.2) is 4.98 Å². The number of amides is 1. The Kier molecular flexibility index (Phi) is 6.45. The standard InChI is InChI=1S/C14H18N4O.2ClH/c15-11-2-4-12(5-3-11)17-14(19)10-1-6-13-16-7-8-18(13)9-10;;/h1,6-9,11-12H,2-5,15H2,(H,17,19);2*1H. The summed E-state index contributed by atoms with van der Waals surface area (Å²) in [6.07, 6.45) is 9.30. The molecule has 7 heteroatoms. The van der Waals surface area contributed by atoms with E-state index in [1.165, 1.54) is 0 Å². The van der Waals surface area contributed by atoms with Gasteiger partial charge in [0.05, 0.1) is 5.56 Å². The number of carbonyl (C=O) groups is 1. The SMILES string of the molecule is Cl.Cl.NC1CCC(NC(=O)c2ccc3nccn3c2)CC1. The van der Waals surface area contributed by atoms with E-state index < -0.39 is 0 Å². The fourth-order valence-electron chi connectivity index (χ4n) is 2.59. The van der Waals surface area contributed by atoms with Crippen molar-refractivity contribution in [3.8, 4) is 0 Å². The Morgan fingerprint density at radius 2 is 1.95 bits per heavy atom. The predicted molar refractivity (Wildman–Crippen MR) is 87.4 cm³/mol. The van der Waals surface area contributed by atoms with Gasteiger partial charge in [0.1, 0.15) is 5.65 Å². The third-order valence-corrected chi connectivity index (χ3v) is 3.76. The molecule has 0 atom stereocenters. The minimum atomic E-state index is -0.0175. The highest BCUT2D eigenvalue weighted by Crippen LogP contribution is 2.17. The summed E-state index contributed by atoms with van der Waals surface area (Å²) in [5.41, 5.74) is 7.38. The first-order chi connectivity index (χ1) is 9.22. The summed E-state index contributed by atoms with van der Waals surface area (Å²) in [5, 5.41) is 3.08. The van der Waals surface area contributed by atoms with E-state index in [1.54, 1.807) is 6.20 Å². The monoisotopic (exact) mass is 330 g/mol. The molecule has 3 N–H and O–H groups in total. The van der Waals surface area contributed by atoms with Gasteiger partial charge < -0.3 is 15.5 Å². The maximum absolute atomic E-state index is 12.2. The fourth-order valence-corrected chi connectivity index (χ4v) is 2.59. The van der Waals surface area contributed by atoms with Crippen LogP contribution in [0.15, 0.2) is 30.7 Å². The number of rotatable bonds is 2. The van der Waals surface area contributed by atoms with Crippen molar-refractivity contribution in [2.24, 2.45) is 5.73 Å². The minimum absolute atomic E-state index is 0. The van der Waals surface area contributed by atoms with Crippen LogP contribution >= 0.6 is 24.8 Å². The van der Waals surface area contributed by atoms with E-state index >= 15 is 0 Å². The highest BCUT2D eigenvalue weighted by molar-refractivity contribution is 5.94. The average Bonchev–Trinajstić information content (AvgIpc) is 2.88. The Balaban J connectivity index is 0.00000110. The van der Waals surface area contributed by atoms with Crippen LogP contribution in [0.2, 0.25) is 0 Å². The quantitative estimate of drug-likeness (QED) is 0.886. The number of nitrogens with one attached hydrogen (secondary N) is 1. The third kappa shape index (κ3) is 4.09. The highest BCUT2D eigenvalue weighted by atomic mass is 35.5. The molecule has 2 heterocycles. The lowest BCUT2D eigenvalue weighted by atomic mass is 9.92. The summed E-state index contributed by atoms with van der Waals surface area (Å²) in [7, 11) is 0. The molecule has 0 unspecified atom stereocenters. The van der Waals surface area contributed by atoms with Crippen molar-refractivity contribution in [1.29, 1.82) is 0 Å². The molecular formula is C14H20Cl2N4O. The summed E-state index contributed by atoms with van der Waals surface area (Å²) in [5.74, 6) is -0.0175. The maximum atomic E-state index is 12.2. The van der Waals surface area contributed by atoms with Crippen molar-refractivity contribution >= 4 is 36.4 Å². The van der Waals surface area contributed by atoms with Gasteiger partial charge >= 0.3 is 0 Å². The van der Waals surface area contributed by atoms with Crippen LogP contribution in [0.5, 0.6) is 0 Å². The molecule has 2 aromatic heterocycles. The van der Waals surface area contributed by atoms with E-state index in [4.69, 9.17) is 5.73 Å². The normalized spacial score (nSPS) is 21.2. The molecule has 3 rings (SSSR count). The molecule has 0 spiro atoms. The van der Waals surface area contributed by atoms with Gasteiger partial charge in [0.2, 0.25) is 0 Å². The van der Waals surface area contributed by atoms with Crippen molar-refractivity contribution in [3.63, 3.8) is 0 Å². The number of nitrogens with zero attached hydrogens (tertiary/aromatic N) is 2. The van der Waals surface area contributed by atoms with E-state index in [1.807, 2.05) is 28.9 Å². The van der Waals surface area contributed by atoms with Gasteiger partial charge in [0.15, 0.2) is 0 Å². The molecule has 0 aliphatic heterocycles. The highest BCUT2D eigenvalue weighted by Gasteiger charge is 2.20. The molecule has 116 valence electrons. The maximum Gasteiger partial charge on any atom is 0.252 e. The second-order valence-electron chi connectivity index (χ2n) is 5.20. The average molecular weight is 331 g/mol. The molecular weight excluding hydrogens is 311 g/mol. The number of pyridine rings is 1. The van der Waals surface area contributed by atoms with E-state index in [9.17, 15) is 4.79 Å². The van der Waals surface area contributed by atoms with E-state index in [0.717, 1.165) is 31.3 Å². The van der Waals surface area contributed by atoms with Crippen LogP contribution in [0.25, 0.3) is 5.65 Å². The molecule has 1 saturated carbocycles. The molecule has 1 aliphatic rings. The van der Waals surface area contributed by atoms with Crippen LogP contribution in [-0.2, 0) is 0 Å². The Morgan fingerprint density at radius 1 is 1.24 bits per heavy atom. The number of imidazole rings is 1. The summed E-state index contributed by atoms with van der Waals surface area (Å²) in [4.78, 5) is 16.3. The van der Waals surface area contributed by atoms with Crippen LogP contribution in [0.4, 0.5) is 0 Å². The first-order valence-corrected chi connectivity index (χ1v) is 6.71. The molecule has 2 aromatic rings. The topological polar surface area (TPSA) is 72.4 Å². The lowest BCUT2D eigenvalue weighted by Gasteiger charge is -2.26. The van der Waals surface area contributed by atoms with E-state index in [2.05, 4.69) is 10.3 Å². The Labute approximate surface area is 136 Å². The molecule has 21 heavy (non-hydrogen) atoms. The number of nitrogens with two attached hydrogens (primary N) is 1. The van der Waals surface area contributed by atoms with Crippen molar-refractivity contribution in [1.82, 2.24) is 14.7 Å². The fraction of sp³-hybridized carbons (Fsp3) is 0.429. The van der Waals surface area contributed by atoms with E-state index in [0.29, 0.717) is 11.6 Å². The Morgan fingerprint density at radius 3 is 2.67 bits per heavy atom. The largest absolute Gasteiger partial charge is 0.349 e. The van der Waals surface area contributed by atoms with Gasteiger partial charge in [-0.1, -0.05) is 0 Å². The zero-order valence-corrected chi connectivity index (χ0v) is 13.2. The number of carbonyl (C=O) groups excluding carboxylic acids is 1. The number of hydrogen-bond donors (Lipinski definition) is 2. The van der Waals surface area contributed by atoms with Crippen molar-refractivity contribution in [2.45, 2.75) is 37.8 Å². The van der Waals surface area contributed by atoms with Crippen molar-refractivity contribution in [3.05, 3.63) is 36.3 Å². The first-order valence-electron chi connectivity index (χ1n) is 6.71. The van der Waals surface area contributed by atoms with Gasteiger partial charge in [0, 0.05) is 30.7 Å². The molecule has 1 aliphatic carbocycles. The molecule has 1 amide bonds. The molecule has 0 saturated heterocycles. The second-order valence-corrected chi connectivity index (χ2v) is 5.20. The number of aromatic nitrogens is 2. The van der Waals surface area contributed by atoms with Crippen molar-refractivity contribution < 1.29 is 4.79 Å². The molecule has 1 fully saturated rings. The zero-order chi connectivity index (χ0) is 13.2. The van der Waals surface area contributed by atoms with Gasteiger partial charge in [0.25, 0.3) is 5.91 Å². The lowest BCUT2D eigenvalue weighted by Crippen LogP contribution is -2.40. The lowest BCUT2D eigenvalue weighted by molar-refractivity contribution is 0.0925. The first kappa shape index (κ1) is 17.8. The number of halogens is 2. The third-order valence-electron chi connectivity index (χ3n) is 3.76. The molecule has 0 radical (unpaired) electrons. The summed E-state index contributed by atoms with van der Waals surface area (Å²) < 4.78 is 1.85. The molecule has 5 nitrogen and oxygen atoms in total. The van der Waals surface area contributed by atoms with Crippen LogP contribution in [0.3, 0.4) is 0 Å². The van der Waals surface area contributed by atoms with Gasteiger partial charge in [-0.05, 0) is 37.8 Å².